The molecule has 6 heteroatoms. The Morgan fingerprint density at radius 3 is 2.65 bits per heavy atom. The third-order valence-electron chi connectivity index (χ3n) is 4.27. The number of carbonyl (C=O) groups excluding carboxylic acids is 1. The van der Waals surface area contributed by atoms with Crippen LogP contribution in [0.2, 0.25) is 0 Å². The van der Waals surface area contributed by atoms with Gasteiger partial charge in [-0.1, -0.05) is 18.2 Å². The van der Waals surface area contributed by atoms with Crippen molar-refractivity contribution < 1.29 is 24.2 Å². The van der Waals surface area contributed by atoms with Crippen LogP contribution in [0.25, 0.3) is 0 Å². The van der Waals surface area contributed by atoms with Gasteiger partial charge in [0.15, 0.2) is 18.1 Å². The van der Waals surface area contributed by atoms with E-state index >= 15 is 0 Å². The minimum absolute atomic E-state index is 0.0679. The molecule has 0 aliphatic carbocycles. The minimum atomic E-state index is -1.07. The molecule has 0 spiro atoms. The van der Waals surface area contributed by atoms with Crippen LogP contribution in [0.4, 0.5) is 5.69 Å². The van der Waals surface area contributed by atoms with Crippen molar-refractivity contribution in [3.05, 3.63) is 53.6 Å². The van der Waals surface area contributed by atoms with Gasteiger partial charge in [-0.05, 0) is 50.1 Å². The highest BCUT2D eigenvalue weighted by atomic mass is 16.5. The van der Waals surface area contributed by atoms with Gasteiger partial charge >= 0.3 is 5.97 Å². The first-order valence-electron chi connectivity index (χ1n) is 8.54. The van der Waals surface area contributed by atoms with Gasteiger partial charge < -0.3 is 19.5 Å². The molecule has 1 unspecified atom stereocenters. The number of benzene rings is 2. The molecule has 1 aliphatic heterocycles. The number of carboxylic acid groups (broad SMARTS) is 1. The number of carboxylic acids is 1. The molecule has 2 aromatic carbocycles. The van der Waals surface area contributed by atoms with Gasteiger partial charge in [0.25, 0.3) is 5.91 Å². The summed E-state index contributed by atoms with van der Waals surface area (Å²) in [6.45, 7) is 3.74. The van der Waals surface area contributed by atoms with Gasteiger partial charge in [0, 0.05) is 17.3 Å². The van der Waals surface area contributed by atoms with E-state index in [4.69, 9.17) is 14.6 Å². The summed E-state index contributed by atoms with van der Waals surface area (Å²) in [5.74, 6) is -0.524. The van der Waals surface area contributed by atoms with Gasteiger partial charge in [-0.3, -0.25) is 4.79 Å². The molecule has 1 amide bonds. The molecule has 1 heterocycles. The van der Waals surface area contributed by atoms with Crippen LogP contribution in [0, 0.1) is 0 Å². The van der Waals surface area contributed by atoms with Gasteiger partial charge in [-0.25, -0.2) is 4.79 Å². The molecule has 3 rings (SSSR count). The average Bonchev–Trinajstić information content (AvgIpc) is 2.95. The highest BCUT2D eigenvalue weighted by molar-refractivity contribution is 6.08. The summed E-state index contributed by atoms with van der Waals surface area (Å²) in [7, 11) is 0. The number of fused-ring (bicyclic) bond motifs is 1. The van der Waals surface area contributed by atoms with Crippen LogP contribution in [0.1, 0.15) is 29.8 Å². The molecular formula is C20H21NO5. The summed E-state index contributed by atoms with van der Waals surface area (Å²) >= 11 is 0. The van der Waals surface area contributed by atoms with Crippen molar-refractivity contribution in [3.8, 4) is 11.5 Å². The molecule has 1 N–H and O–H groups in total. The van der Waals surface area contributed by atoms with Crippen molar-refractivity contribution >= 4 is 17.6 Å². The Kier molecular flexibility index (Phi) is 5.11. The number of para-hydroxylation sites is 1. The first-order chi connectivity index (χ1) is 12.5. The fourth-order valence-corrected chi connectivity index (χ4v) is 3.18. The van der Waals surface area contributed by atoms with Gasteiger partial charge in [0.1, 0.15) is 0 Å². The summed E-state index contributed by atoms with van der Waals surface area (Å²) in [6, 6.07) is 12.8. The second kappa shape index (κ2) is 7.47. The lowest BCUT2D eigenvalue weighted by atomic mass is 10.1. The number of ether oxygens (including phenoxy) is 2. The molecule has 1 aliphatic rings. The van der Waals surface area contributed by atoms with Crippen LogP contribution < -0.4 is 14.4 Å². The Morgan fingerprint density at radius 1 is 1.15 bits per heavy atom. The molecule has 6 nitrogen and oxygen atoms in total. The number of hydrogen-bond acceptors (Lipinski definition) is 4. The highest BCUT2D eigenvalue weighted by Crippen LogP contribution is 2.35. The Hall–Kier alpha value is -3.02. The van der Waals surface area contributed by atoms with E-state index in [2.05, 4.69) is 0 Å². The SMILES string of the molecule is CCOc1cc(C(=O)N2c3ccccc3CC2C)ccc1OCC(=O)O. The maximum atomic E-state index is 13.1. The number of nitrogens with zero attached hydrogens (tertiary/aromatic N) is 1. The smallest absolute Gasteiger partial charge is 0.341 e. The number of hydrogen-bond donors (Lipinski definition) is 1. The van der Waals surface area contributed by atoms with E-state index in [1.165, 1.54) is 0 Å². The number of amides is 1. The van der Waals surface area contributed by atoms with E-state index in [1.807, 2.05) is 38.1 Å². The molecule has 1 atom stereocenters. The third-order valence-corrected chi connectivity index (χ3v) is 4.27. The summed E-state index contributed by atoms with van der Waals surface area (Å²) in [6.07, 6.45) is 0.819. The zero-order valence-corrected chi connectivity index (χ0v) is 14.8. The normalized spacial score (nSPS) is 15.5. The molecule has 2 aromatic rings. The van der Waals surface area contributed by atoms with Gasteiger partial charge in [-0.2, -0.15) is 0 Å². The van der Waals surface area contributed by atoms with E-state index < -0.39 is 12.6 Å². The van der Waals surface area contributed by atoms with Crippen molar-refractivity contribution in [3.63, 3.8) is 0 Å². The molecule has 136 valence electrons. The first kappa shape index (κ1) is 17.8. The van der Waals surface area contributed by atoms with E-state index in [1.54, 1.807) is 23.1 Å². The molecular weight excluding hydrogens is 334 g/mol. The quantitative estimate of drug-likeness (QED) is 0.861. The van der Waals surface area contributed by atoms with Crippen molar-refractivity contribution in [1.29, 1.82) is 0 Å². The highest BCUT2D eigenvalue weighted by Gasteiger charge is 2.31. The number of anilines is 1. The van der Waals surface area contributed by atoms with E-state index in [9.17, 15) is 9.59 Å². The number of aliphatic carboxylic acids is 1. The molecule has 0 radical (unpaired) electrons. The van der Waals surface area contributed by atoms with Gasteiger partial charge in [-0.15, -0.1) is 0 Å². The van der Waals surface area contributed by atoms with Crippen LogP contribution in [0.3, 0.4) is 0 Å². The molecule has 0 aromatic heterocycles. The van der Waals surface area contributed by atoms with Crippen molar-refractivity contribution in [1.82, 2.24) is 0 Å². The summed E-state index contributed by atoms with van der Waals surface area (Å²) in [5, 5.41) is 8.78. The van der Waals surface area contributed by atoms with E-state index in [0.29, 0.717) is 23.7 Å². The number of rotatable bonds is 6. The van der Waals surface area contributed by atoms with Crippen molar-refractivity contribution in [2.75, 3.05) is 18.1 Å². The van der Waals surface area contributed by atoms with Crippen LogP contribution >= 0.6 is 0 Å². The van der Waals surface area contributed by atoms with Gasteiger partial charge in [0.05, 0.1) is 6.61 Å². The van der Waals surface area contributed by atoms with Crippen LogP contribution in [-0.2, 0) is 11.2 Å². The first-order valence-corrected chi connectivity index (χ1v) is 8.54. The fourth-order valence-electron chi connectivity index (χ4n) is 3.18. The number of carbonyl (C=O) groups is 2. The molecule has 0 saturated heterocycles. The van der Waals surface area contributed by atoms with Crippen molar-refractivity contribution in [2.24, 2.45) is 0 Å². The third kappa shape index (κ3) is 3.49. The fraction of sp³-hybridized carbons (Fsp3) is 0.300. The maximum Gasteiger partial charge on any atom is 0.341 e. The minimum Gasteiger partial charge on any atom is -0.490 e. The lowest BCUT2D eigenvalue weighted by Gasteiger charge is -2.23. The lowest BCUT2D eigenvalue weighted by molar-refractivity contribution is -0.139. The summed E-state index contributed by atoms with van der Waals surface area (Å²) in [5.41, 5.74) is 2.55. The predicted molar refractivity (Wildman–Crippen MR) is 97.2 cm³/mol. The van der Waals surface area contributed by atoms with Crippen molar-refractivity contribution in [2.45, 2.75) is 26.3 Å². The standard InChI is InChI=1S/C20H21NO5/c1-3-25-18-11-15(8-9-17(18)26-12-19(22)23)20(24)21-13(2)10-14-6-4-5-7-16(14)21/h4-9,11,13H,3,10,12H2,1-2H3,(H,22,23). The monoisotopic (exact) mass is 355 g/mol. The van der Waals surface area contributed by atoms with E-state index in [-0.39, 0.29) is 11.9 Å². The molecule has 0 fully saturated rings. The summed E-state index contributed by atoms with van der Waals surface area (Å²) < 4.78 is 10.8. The molecule has 0 saturated carbocycles. The Morgan fingerprint density at radius 2 is 1.92 bits per heavy atom. The Labute approximate surface area is 152 Å². The lowest BCUT2D eigenvalue weighted by Crippen LogP contribution is -2.35. The summed E-state index contributed by atoms with van der Waals surface area (Å²) in [4.78, 5) is 25.6. The maximum absolute atomic E-state index is 13.1. The predicted octanol–water partition coefficient (Wildman–Crippen LogP) is 3.14. The average molecular weight is 355 g/mol. The zero-order chi connectivity index (χ0) is 18.7. The largest absolute Gasteiger partial charge is 0.490 e. The van der Waals surface area contributed by atoms with E-state index in [0.717, 1.165) is 17.7 Å². The topological polar surface area (TPSA) is 76.1 Å². The second-order valence-corrected chi connectivity index (χ2v) is 6.13. The van der Waals surface area contributed by atoms with Crippen LogP contribution in [0.15, 0.2) is 42.5 Å². The molecule has 0 bridgehead atoms. The second-order valence-electron chi connectivity index (χ2n) is 6.13. The van der Waals surface area contributed by atoms with Crippen LogP contribution in [-0.4, -0.2) is 36.2 Å². The Balaban J connectivity index is 1.90. The van der Waals surface area contributed by atoms with Gasteiger partial charge in [0.2, 0.25) is 0 Å². The zero-order valence-electron chi connectivity index (χ0n) is 14.8. The Bertz CT molecular complexity index is 833. The molecule has 26 heavy (non-hydrogen) atoms. The van der Waals surface area contributed by atoms with Crippen LogP contribution in [0.5, 0.6) is 11.5 Å².